The molecule has 1 rings (SSSR count). The monoisotopic (exact) mass is 184 g/mol. The zero-order valence-electron chi connectivity index (χ0n) is 8.62. The lowest BCUT2D eigenvalue weighted by molar-refractivity contribution is 0.0687. The van der Waals surface area contributed by atoms with Crippen LogP contribution >= 0.6 is 0 Å². The summed E-state index contributed by atoms with van der Waals surface area (Å²) in [5, 5.41) is 9.21. The molecule has 0 amide bonds. The molecule has 3 atom stereocenters. The van der Waals surface area contributed by atoms with Crippen molar-refractivity contribution in [3.8, 4) is 0 Å². The van der Waals surface area contributed by atoms with Crippen molar-refractivity contribution in [3.63, 3.8) is 0 Å². The van der Waals surface area contributed by atoms with Crippen molar-refractivity contribution in [2.75, 3.05) is 19.8 Å². The van der Waals surface area contributed by atoms with Crippen LogP contribution in [0.15, 0.2) is 12.2 Å². The van der Waals surface area contributed by atoms with Crippen molar-refractivity contribution in [2.45, 2.75) is 20.3 Å². The SMILES string of the molecule is C=C1CC(C)C(COCC)C1CO. The Morgan fingerprint density at radius 1 is 1.62 bits per heavy atom. The number of hydrogen-bond acceptors (Lipinski definition) is 2. The van der Waals surface area contributed by atoms with Gasteiger partial charge in [-0.2, -0.15) is 0 Å². The quantitative estimate of drug-likeness (QED) is 0.676. The van der Waals surface area contributed by atoms with Crippen molar-refractivity contribution >= 4 is 0 Å². The third-order valence-corrected chi connectivity index (χ3v) is 3.07. The molecule has 13 heavy (non-hydrogen) atoms. The van der Waals surface area contributed by atoms with Crippen molar-refractivity contribution < 1.29 is 9.84 Å². The lowest BCUT2D eigenvalue weighted by Crippen LogP contribution is -2.22. The number of rotatable bonds is 4. The molecule has 76 valence electrons. The number of hydrogen-bond donors (Lipinski definition) is 1. The first-order valence-corrected chi connectivity index (χ1v) is 5.07. The molecule has 0 aromatic rings. The van der Waals surface area contributed by atoms with Crippen molar-refractivity contribution in [1.29, 1.82) is 0 Å². The maximum Gasteiger partial charge on any atom is 0.0503 e. The van der Waals surface area contributed by atoms with Gasteiger partial charge in [0.25, 0.3) is 0 Å². The van der Waals surface area contributed by atoms with E-state index in [1.165, 1.54) is 5.57 Å². The van der Waals surface area contributed by atoms with Gasteiger partial charge < -0.3 is 9.84 Å². The van der Waals surface area contributed by atoms with Gasteiger partial charge >= 0.3 is 0 Å². The molecule has 1 fully saturated rings. The zero-order chi connectivity index (χ0) is 9.84. The van der Waals surface area contributed by atoms with Crippen LogP contribution in [0.4, 0.5) is 0 Å². The Kier molecular flexibility index (Phi) is 3.94. The van der Waals surface area contributed by atoms with Gasteiger partial charge in [-0.1, -0.05) is 19.1 Å². The zero-order valence-corrected chi connectivity index (χ0v) is 8.62. The Morgan fingerprint density at radius 3 is 2.85 bits per heavy atom. The predicted molar refractivity (Wildman–Crippen MR) is 53.5 cm³/mol. The van der Waals surface area contributed by atoms with Crippen LogP contribution in [0, 0.1) is 17.8 Å². The van der Waals surface area contributed by atoms with E-state index in [9.17, 15) is 5.11 Å². The smallest absolute Gasteiger partial charge is 0.0503 e. The highest BCUT2D eigenvalue weighted by Crippen LogP contribution is 2.39. The third-order valence-electron chi connectivity index (χ3n) is 3.07. The molecule has 0 aromatic carbocycles. The van der Waals surface area contributed by atoms with Gasteiger partial charge in [-0.3, -0.25) is 0 Å². The van der Waals surface area contributed by atoms with E-state index in [0.29, 0.717) is 11.8 Å². The lowest BCUT2D eigenvalue weighted by atomic mass is 9.91. The first-order chi connectivity index (χ1) is 6.20. The normalized spacial score (nSPS) is 34.1. The highest BCUT2D eigenvalue weighted by molar-refractivity contribution is 5.11. The fourth-order valence-corrected chi connectivity index (χ4v) is 2.21. The average molecular weight is 184 g/mol. The molecule has 0 spiro atoms. The molecule has 1 N–H and O–H groups in total. The molecule has 0 saturated heterocycles. The topological polar surface area (TPSA) is 29.5 Å². The van der Waals surface area contributed by atoms with E-state index in [-0.39, 0.29) is 12.5 Å². The van der Waals surface area contributed by atoms with Crippen molar-refractivity contribution in [1.82, 2.24) is 0 Å². The summed E-state index contributed by atoms with van der Waals surface area (Å²) < 4.78 is 5.42. The molecule has 2 heteroatoms. The second kappa shape index (κ2) is 4.77. The second-order valence-electron chi connectivity index (χ2n) is 3.95. The molecule has 1 aliphatic carbocycles. The fraction of sp³-hybridized carbons (Fsp3) is 0.818. The summed E-state index contributed by atoms with van der Waals surface area (Å²) in [6.45, 7) is 9.96. The van der Waals surface area contributed by atoms with E-state index in [0.717, 1.165) is 19.6 Å². The molecule has 3 unspecified atom stereocenters. The van der Waals surface area contributed by atoms with E-state index < -0.39 is 0 Å². The van der Waals surface area contributed by atoms with E-state index in [4.69, 9.17) is 4.74 Å². The van der Waals surface area contributed by atoms with Crippen molar-refractivity contribution in [2.24, 2.45) is 17.8 Å². The van der Waals surface area contributed by atoms with Gasteiger partial charge in [0.05, 0.1) is 6.61 Å². The molecule has 1 aliphatic rings. The van der Waals surface area contributed by atoms with Crippen LogP contribution in [-0.4, -0.2) is 24.9 Å². The van der Waals surface area contributed by atoms with Crippen LogP contribution in [-0.2, 0) is 4.74 Å². The highest BCUT2D eigenvalue weighted by Gasteiger charge is 2.35. The summed E-state index contributed by atoms with van der Waals surface area (Å²) in [7, 11) is 0. The Balaban J connectivity index is 2.53. The Bertz CT molecular complexity index is 177. The van der Waals surface area contributed by atoms with Gasteiger partial charge in [-0.25, -0.2) is 0 Å². The summed E-state index contributed by atoms with van der Waals surface area (Å²) in [5.41, 5.74) is 1.19. The standard InChI is InChI=1S/C11H20O2/c1-4-13-7-11-9(3)5-8(2)10(11)6-12/h9-12H,2,4-7H2,1,3H3. The minimum atomic E-state index is 0.223. The molecule has 1 saturated carbocycles. The summed E-state index contributed by atoms with van der Waals surface area (Å²) in [4.78, 5) is 0. The minimum absolute atomic E-state index is 0.223. The number of aliphatic hydroxyl groups excluding tert-OH is 1. The van der Waals surface area contributed by atoms with Crippen molar-refractivity contribution in [3.05, 3.63) is 12.2 Å². The molecule has 0 radical (unpaired) electrons. The van der Waals surface area contributed by atoms with Crippen LogP contribution in [0.5, 0.6) is 0 Å². The first-order valence-electron chi connectivity index (χ1n) is 5.07. The largest absolute Gasteiger partial charge is 0.396 e. The van der Waals surface area contributed by atoms with Gasteiger partial charge in [0.15, 0.2) is 0 Å². The van der Waals surface area contributed by atoms with E-state index in [2.05, 4.69) is 13.5 Å². The highest BCUT2D eigenvalue weighted by atomic mass is 16.5. The summed E-state index contributed by atoms with van der Waals surface area (Å²) in [6, 6.07) is 0. The van der Waals surface area contributed by atoms with E-state index >= 15 is 0 Å². The lowest BCUT2D eigenvalue weighted by Gasteiger charge is -2.20. The molecule has 0 aliphatic heterocycles. The van der Waals surface area contributed by atoms with Crippen LogP contribution in [0.25, 0.3) is 0 Å². The van der Waals surface area contributed by atoms with Gasteiger partial charge in [0.1, 0.15) is 0 Å². The van der Waals surface area contributed by atoms with Crippen LogP contribution in [0.2, 0.25) is 0 Å². The molecule has 2 nitrogen and oxygen atoms in total. The third kappa shape index (κ3) is 2.32. The van der Waals surface area contributed by atoms with Gasteiger partial charge in [-0.15, -0.1) is 0 Å². The molecule has 0 aromatic heterocycles. The number of ether oxygens (including phenoxy) is 1. The summed E-state index contributed by atoms with van der Waals surface area (Å²) in [5.74, 6) is 1.34. The van der Waals surface area contributed by atoms with Crippen LogP contribution < -0.4 is 0 Å². The maximum absolute atomic E-state index is 9.21. The average Bonchev–Trinajstić information content (AvgIpc) is 2.37. The van der Waals surface area contributed by atoms with E-state index in [1.807, 2.05) is 6.92 Å². The van der Waals surface area contributed by atoms with E-state index in [1.54, 1.807) is 0 Å². The summed E-state index contributed by atoms with van der Waals surface area (Å²) in [6.07, 6.45) is 1.04. The minimum Gasteiger partial charge on any atom is -0.396 e. The molecule has 0 bridgehead atoms. The Hall–Kier alpha value is -0.340. The second-order valence-corrected chi connectivity index (χ2v) is 3.95. The van der Waals surface area contributed by atoms with Gasteiger partial charge in [0, 0.05) is 19.1 Å². The van der Waals surface area contributed by atoms with Gasteiger partial charge in [-0.05, 0) is 25.2 Å². The fourth-order valence-electron chi connectivity index (χ4n) is 2.21. The van der Waals surface area contributed by atoms with Gasteiger partial charge in [0.2, 0.25) is 0 Å². The maximum atomic E-state index is 9.21. The summed E-state index contributed by atoms with van der Waals surface area (Å²) >= 11 is 0. The molecular formula is C11H20O2. The molecular weight excluding hydrogens is 164 g/mol. The predicted octanol–water partition coefficient (Wildman–Crippen LogP) is 1.84. The van der Waals surface area contributed by atoms with Crippen LogP contribution in [0.1, 0.15) is 20.3 Å². The Labute approximate surface area is 80.6 Å². The van der Waals surface area contributed by atoms with Crippen LogP contribution in [0.3, 0.4) is 0 Å². The molecule has 0 heterocycles. The number of aliphatic hydroxyl groups is 1. The Morgan fingerprint density at radius 2 is 2.31 bits per heavy atom. The first kappa shape index (κ1) is 10.7.